The molecule has 0 unspecified atom stereocenters. The lowest BCUT2D eigenvalue weighted by Crippen LogP contribution is -2.12. The van der Waals surface area contributed by atoms with E-state index in [0.717, 1.165) is 5.69 Å². The molecule has 0 fully saturated rings. The molecule has 0 bridgehead atoms. The van der Waals surface area contributed by atoms with E-state index in [1.807, 2.05) is 30.3 Å². The van der Waals surface area contributed by atoms with Gasteiger partial charge in [-0.25, -0.2) is 9.18 Å². The Morgan fingerprint density at radius 1 is 1.21 bits per heavy atom. The first-order valence-electron chi connectivity index (χ1n) is 5.52. The van der Waals surface area contributed by atoms with Gasteiger partial charge in [-0.1, -0.05) is 18.2 Å². The fraction of sp³-hybridized carbons (Fsp3) is 0.0714. The van der Waals surface area contributed by atoms with Gasteiger partial charge in [-0.15, -0.1) is 0 Å². The van der Waals surface area contributed by atoms with Crippen LogP contribution >= 0.6 is 15.9 Å². The van der Waals surface area contributed by atoms with Crippen molar-refractivity contribution >= 4 is 33.3 Å². The molecule has 0 aliphatic rings. The van der Waals surface area contributed by atoms with Gasteiger partial charge in [-0.05, 0) is 40.2 Å². The standard InChI is InChI=1S/C14H11BrFNO2/c1-17(9-5-3-2-4-6-9)11-8-7-10(14(18)19)12(15)13(11)16/h2-8H,1H3,(H,18,19). The topological polar surface area (TPSA) is 40.5 Å². The van der Waals surface area contributed by atoms with Crippen molar-refractivity contribution in [2.75, 3.05) is 11.9 Å². The Kier molecular flexibility index (Phi) is 3.85. The van der Waals surface area contributed by atoms with Crippen molar-refractivity contribution in [1.29, 1.82) is 0 Å². The van der Waals surface area contributed by atoms with Gasteiger partial charge in [-0.2, -0.15) is 0 Å². The molecule has 0 radical (unpaired) electrons. The zero-order chi connectivity index (χ0) is 14.0. The maximum atomic E-state index is 14.2. The number of hydrogen-bond donors (Lipinski definition) is 1. The van der Waals surface area contributed by atoms with Crippen LogP contribution in [0.3, 0.4) is 0 Å². The van der Waals surface area contributed by atoms with Crippen LogP contribution in [0.4, 0.5) is 15.8 Å². The Hall–Kier alpha value is -1.88. The van der Waals surface area contributed by atoms with E-state index in [4.69, 9.17) is 5.11 Å². The lowest BCUT2D eigenvalue weighted by Gasteiger charge is -2.21. The molecule has 2 aromatic carbocycles. The Balaban J connectivity index is 2.47. The van der Waals surface area contributed by atoms with Gasteiger partial charge < -0.3 is 10.0 Å². The summed E-state index contributed by atoms with van der Waals surface area (Å²) in [7, 11) is 1.72. The van der Waals surface area contributed by atoms with Gasteiger partial charge in [0.2, 0.25) is 0 Å². The van der Waals surface area contributed by atoms with Crippen LogP contribution in [0, 0.1) is 5.82 Å². The highest BCUT2D eigenvalue weighted by molar-refractivity contribution is 9.10. The molecule has 98 valence electrons. The quantitative estimate of drug-likeness (QED) is 0.926. The van der Waals surface area contributed by atoms with Crippen LogP contribution in [0.5, 0.6) is 0 Å². The monoisotopic (exact) mass is 323 g/mol. The maximum absolute atomic E-state index is 14.2. The minimum absolute atomic E-state index is 0.0414. The zero-order valence-electron chi connectivity index (χ0n) is 10.1. The summed E-state index contributed by atoms with van der Waals surface area (Å²) >= 11 is 2.99. The number of halogens is 2. The average molecular weight is 324 g/mol. The molecule has 5 heteroatoms. The number of carboxylic acid groups (broad SMARTS) is 1. The summed E-state index contributed by atoms with van der Waals surface area (Å²) in [5.41, 5.74) is 1.03. The maximum Gasteiger partial charge on any atom is 0.336 e. The normalized spacial score (nSPS) is 10.3. The number of para-hydroxylation sites is 1. The molecule has 0 heterocycles. The van der Waals surface area contributed by atoms with Crippen molar-refractivity contribution in [3.8, 4) is 0 Å². The Morgan fingerprint density at radius 3 is 2.42 bits per heavy atom. The number of benzene rings is 2. The van der Waals surface area contributed by atoms with Crippen LogP contribution in [-0.4, -0.2) is 18.1 Å². The lowest BCUT2D eigenvalue weighted by molar-refractivity contribution is 0.0695. The van der Waals surface area contributed by atoms with E-state index in [0.29, 0.717) is 5.69 Å². The van der Waals surface area contributed by atoms with Crippen molar-refractivity contribution in [3.05, 3.63) is 58.3 Å². The van der Waals surface area contributed by atoms with Gasteiger partial charge in [-0.3, -0.25) is 0 Å². The van der Waals surface area contributed by atoms with Gasteiger partial charge in [0.05, 0.1) is 15.7 Å². The fourth-order valence-electron chi connectivity index (χ4n) is 1.75. The number of rotatable bonds is 3. The van der Waals surface area contributed by atoms with Crippen LogP contribution in [0.15, 0.2) is 46.9 Å². The summed E-state index contributed by atoms with van der Waals surface area (Å²) < 4.78 is 14.2. The molecule has 2 aromatic rings. The minimum Gasteiger partial charge on any atom is -0.478 e. The first-order chi connectivity index (χ1) is 9.02. The second-order valence-corrected chi connectivity index (χ2v) is 4.75. The molecule has 19 heavy (non-hydrogen) atoms. The second kappa shape index (κ2) is 5.40. The molecule has 3 nitrogen and oxygen atoms in total. The molecule has 2 rings (SSSR count). The van der Waals surface area contributed by atoms with E-state index in [9.17, 15) is 9.18 Å². The lowest BCUT2D eigenvalue weighted by atomic mass is 10.1. The molecule has 1 N–H and O–H groups in total. The molecule has 0 saturated heterocycles. The Labute approximate surface area is 118 Å². The predicted octanol–water partition coefficient (Wildman–Crippen LogP) is 4.05. The SMILES string of the molecule is CN(c1ccccc1)c1ccc(C(=O)O)c(Br)c1F. The van der Waals surface area contributed by atoms with Crippen molar-refractivity contribution in [2.45, 2.75) is 0 Å². The van der Waals surface area contributed by atoms with Crippen molar-refractivity contribution in [2.24, 2.45) is 0 Å². The Morgan fingerprint density at radius 2 is 1.84 bits per heavy atom. The third-order valence-electron chi connectivity index (χ3n) is 2.80. The molecule has 0 aliphatic carbocycles. The Bertz CT molecular complexity index is 616. The van der Waals surface area contributed by atoms with Crippen molar-refractivity contribution < 1.29 is 14.3 Å². The smallest absolute Gasteiger partial charge is 0.336 e. The first-order valence-corrected chi connectivity index (χ1v) is 6.31. The summed E-state index contributed by atoms with van der Waals surface area (Å²) in [5, 5.41) is 8.93. The van der Waals surface area contributed by atoms with E-state index >= 15 is 0 Å². The highest BCUT2D eigenvalue weighted by atomic mass is 79.9. The molecule has 0 atom stereocenters. The van der Waals surface area contributed by atoms with Crippen molar-refractivity contribution in [1.82, 2.24) is 0 Å². The van der Waals surface area contributed by atoms with Gasteiger partial charge in [0.15, 0.2) is 5.82 Å². The zero-order valence-corrected chi connectivity index (χ0v) is 11.7. The van der Waals surface area contributed by atoms with Gasteiger partial charge in [0, 0.05) is 12.7 Å². The van der Waals surface area contributed by atoms with Gasteiger partial charge in [0.1, 0.15) is 0 Å². The first kappa shape index (κ1) is 13.5. The van der Waals surface area contributed by atoms with E-state index in [-0.39, 0.29) is 10.0 Å². The van der Waals surface area contributed by atoms with Crippen molar-refractivity contribution in [3.63, 3.8) is 0 Å². The number of carboxylic acids is 1. The van der Waals surface area contributed by atoms with E-state index in [1.54, 1.807) is 11.9 Å². The molecular weight excluding hydrogens is 313 g/mol. The molecule has 0 amide bonds. The van der Waals surface area contributed by atoms with Crippen LogP contribution < -0.4 is 4.90 Å². The predicted molar refractivity (Wildman–Crippen MR) is 75.6 cm³/mol. The summed E-state index contributed by atoms with van der Waals surface area (Å²) in [6, 6.07) is 12.1. The second-order valence-electron chi connectivity index (χ2n) is 3.96. The van der Waals surface area contributed by atoms with Gasteiger partial charge in [0.25, 0.3) is 0 Å². The summed E-state index contributed by atoms with van der Waals surface area (Å²) in [6.45, 7) is 0. The number of nitrogens with zero attached hydrogens (tertiary/aromatic N) is 1. The summed E-state index contributed by atoms with van der Waals surface area (Å²) in [5.74, 6) is -1.76. The highest BCUT2D eigenvalue weighted by Crippen LogP contribution is 2.32. The molecule has 0 aromatic heterocycles. The van der Waals surface area contributed by atoms with Crippen LogP contribution in [0.1, 0.15) is 10.4 Å². The number of anilines is 2. The molecule has 0 aliphatic heterocycles. The largest absolute Gasteiger partial charge is 0.478 e. The van der Waals surface area contributed by atoms with Crippen LogP contribution in [0.25, 0.3) is 0 Å². The minimum atomic E-state index is -1.17. The number of aromatic carboxylic acids is 1. The van der Waals surface area contributed by atoms with E-state index in [1.165, 1.54) is 12.1 Å². The molecular formula is C14H11BrFNO2. The van der Waals surface area contributed by atoms with E-state index in [2.05, 4.69) is 15.9 Å². The summed E-state index contributed by atoms with van der Waals surface area (Å²) in [6.07, 6.45) is 0. The summed E-state index contributed by atoms with van der Waals surface area (Å²) in [4.78, 5) is 12.6. The van der Waals surface area contributed by atoms with E-state index < -0.39 is 11.8 Å². The number of hydrogen-bond acceptors (Lipinski definition) is 2. The fourth-order valence-corrected chi connectivity index (χ4v) is 2.26. The number of carbonyl (C=O) groups is 1. The average Bonchev–Trinajstić information content (AvgIpc) is 2.41. The van der Waals surface area contributed by atoms with Crippen LogP contribution in [0.2, 0.25) is 0 Å². The molecule has 0 spiro atoms. The molecule has 0 saturated carbocycles. The third-order valence-corrected chi connectivity index (χ3v) is 3.57. The third kappa shape index (κ3) is 2.61. The highest BCUT2D eigenvalue weighted by Gasteiger charge is 2.18. The van der Waals surface area contributed by atoms with Gasteiger partial charge >= 0.3 is 5.97 Å². The van der Waals surface area contributed by atoms with Crippen LogP contribution in [-0.2, 0) is 0 Å².